The summed E-state index contributed by atoms with van der Waals surface area (Å²) in [5.41, 5.74) is 2.21. The molecule has 1 aromatic carbocycles. The minimum atomic E-state index is -0.306. The van der Waals surface area contributed by atoms with Gasteiger partial charge >= 0.3 is 0 Å². The van der Waals surface area contributed by atoms with Crippen molar-refractivity contribution in [1.29, 1.82) is 0 Å². The van der Waals surface area contributed by atoms with Gasteiger partial charge in [0.05, 0.1) is 15.9 Å². The van der Waals surface area contributed by atoms with E-state index in [1.165, 1.54) is 23.5 Å². The summed E-state index contributed by atoms with van der Waals surface area (Å²) in [5, 5.41) is 4.08. The number of anilines is 1. The first-order chi connectivity index (χ1) is 15.3. The Morgan fingerprint density at radius 1 is 1.16 bits per heavy atom. The molecular formula is C24H30FN5OS. The number of nitrogens with one attached hydrogen (secondary N) is 1. The molecule has 0 aliphatic carbocycles. The maximum absolute atomic E-state index is 13.7. The quantitative estimate of drug-likeness (QED) is 0.471. The molecule has 2 aromatic heterocycles. The SMILES string of the molecule is CCCN(C(=O)c1nc(C)sc1-c1ccc(F)cc1)C(CNc1ncc(C)cn1)C(C)C. The zero-order valence-corrected chi connectivity index (χ0v) is 20.0. The standard InChI is InChI=1S/C24H30FN5OS/c1-6-11-30(20(15(2)3)14-28-24-26-12-16(4)13-27-24)23(31)21-22(32-17(5)29-21)18-7-9-19(25)10-8-18/h7-10,12-13,15,20H,6,11,14H2,1-5H3,(H,26,27,28). The summed E-state index contributed by atoms with van der Waals surface area (Å²) < 4.78 is 13.4. The molecule has 0 aliphatic heterocycles. The van der Waals surface area contributed by atoms with E-state index < -0.39 is 0 Å². The van der Waals surface area contributed by atoms with Crippen LogP contribution in [0.1, 0.15) is 48.3 Å². The van der Waals surface area contributed by atoms with E-state index in [-0.39, 0.29) is 23.7 Å². The molecule has 1 N–H and O–H groups in total. The molecular weight excluding hydrogens is 425 g/mol. The number of carbonyl (C=O) groups excluding carboxylic acids is 1. The summed E-state index contributed by atoms with van der Waals surface area (Å²) in [6, 6.07) is 6.13. The maximum atomic E-state index is 13.7. The zero-order valence-electron chi connectivity index (χ0n) is 19.2. The van der Waals surface area contributed by atoms with Crippen molar-refractivity contribution in [3.8, 4) is 10.4 Å². The van der Waals surface area contributed by atoms with Crippen molar-refractivity contribution < 1.29 is 9.18 Å². The fourth-order valence-electron chi connectivity index (χ4n) is 3.55. The highest BCUT2D eigenvalue weighted by Gasteiger charge is 2.30. The number of hydrogen-bond acceptors (Lipinski definition) is 6. The number of thiazole rings is 1. The predicted molar refractivity (Wildman–Crippen MR) is 127 cm³/mol. The third kappa shape index (κ3) is 5.68. The zero-order chi connectivity index (χ0) is 23.3. The molecule has 0 radical (unpaired) electrons. The normalized spacial score (nSPS) is 12.1. The van der Waals surface area contributed by atoms with Crippen LogP contribution in [-0.4, -0.2) is 44.9 Å². The highest BCUT2D eigenvalue weighted by molar-refractivity contribution is 7.15. The second-order valence-corrected chi connectivity index (χ2v) is 9.40. The Bertz CT molecular complexity index is 1030. The van der Waals surface area contributed by atoms with Crippen molar-refractivity contribution in [2.45, 2.75) is 47.1 Å². The van der Waals surface area contributed by atoms with Gasteiger partial charge in [-0.25, -0.2) is 19.3 Å². The van der Waals surface area contributed by atoms with Crippen LogP contribution < -0.4 is 5.32 Å². The third-order valence-corrected chi connectivity index (χ3v) is 6.21. The minimum Gasteiger partial charge on any atom is -0.352 e. The minimum absolute atomic E-state index is 0.0737. The van der Waals surface area contributed by atoms with Crippen molar-refractivity contribution in [1.82, 2.24) is 19.9 Å². The van der Waals surface area contributed by atoms with E-state index in [1.54, 1.807) is 24.5 Å². The van der Waals surface area contributed by atoms with E-state index in [0.29, 0.717) is 24.7 Å². The van der Waals surface area contributed by atoms with E-state index in [4.69, 9.17) is 0 Å². The monoisotopic (exact) mass is 455 g/mol. The molecule has 170 valence electrons. The first-order valence-electron chi connectivity index (χ1n) is 10.9. The lowest BCUT2D eigenvalue weighted by molar-refractivity contribution is 0.0635. The lowest BCUT2D eigenvalue weighted by Gasteiger charge is -2.34. The molecule has 1 unspecified atom stereocenters. The first kappa shape index (κ1) is 23.8. The second kappa shape index (κ2) is 10.6. The number of nitrogens with zero attached hydrogens (tertiary/aromatic N) is 4. The molecule has 0 spiro atoms. The Hall–Kier alpha value is -2.87. The lowest BCUT2D eigenvalue weighted by Crippen LogP contribution is -2.47. The smallest absolute Gasteiger partial charge is 0.274 e. The van der Waals surface area contributed by atoms with Gasteiger partial charge in [-0.3, -0.25) is 4.79 Å². The summed E-state index contributed by atoms with van der Waals surface area (Å²) in [6.45, 7) is 11.2. The van der Waals surface area contributed by atoms with Gasteiger partial charge in [0.2, 0.25) is 5.95 Å². The van der Waals surface area contributed by atoms with E-state index in [2.05, 4.69) is 41.0 Å². The van der Waals surface area contributed by atoms with Crippen LogP contribution in [0.5, 0.6) is 0 Å². The van der Waals surface area contributed by atoms with Gasteiger partial charge in [0.15, 0.2) is 0 Å². The summed E-state index contributed by atoms with van der Waals surface area (Å²) >= 11 is 1.45. The van der Waals surface area contributed by atoms with Crippen molar-refractivity contribution in [2.24, 2.45) is 5.92 Å². The van der Waals surface area contributed by atoms with Crippen LogP contribution in [0.2, 0.25) is 0 Å². The molecule has 0 saturated carbocycles. The topological polar surface area (TPSA) is 71.0 Å². The molecule has 0 saturated heterocycles. The Morgan fingerprint density at radius 2 is 1.81 bits per heavy atom. The molecule has 1 atom stereocenters. The molecule has 3 rings (SSSR count). The van der Waals surface area contributed by atoms with Crippen molar-refractivity contribution in [2.75, 3.05) is 18.4 Å². The van der Waals surface area contributed by atoms with Crippen LogP contribution >= 0.6 is 11.3 Å². The molecule has 6 nitrogen and oxygen atoms in total. The number of carbonyl (C=O) groups is 1. The van der Waals surface area contributed by atoms with E-state index in [9.17, 15) is 9.18 Å². The second-order valence-electron chi connectivity index (χ2n) is 8.19. The van der Waals surface area contributed by atoms with Gasteiger partial charge in [0.25, 0.3) is 5.91 Å². The highest BCUT2D eigenvalue weighted by Crippen LogP contribution is 2.32. The molecule has 1 amide bonds. The number of benzene rings is 1. The summed E-state index contributed by atoms with van der Waals surface area (Å²) in [4.78, 5) is 29.6. The van der Waals surface area contributed by atoms with Gasteiger partial charge in [-0.1, -0.05) is 32.9 Å². The number of aromatic nitrogens is 3. The van der Waals surface area contributed by atoms with E-state index in [0.717, 1.165) is 27.4 Å². The average Bonchev–Trinajstić information content (AvgIpc) is 3.16. The number of amides is 1. The molecule has 0 fully saturated rings. The number of halogens is 1. The number of hydrogen-bond donors (Lipinski definition) is 1. The van der Waals surface area contributed by atoms with Crippen molar-refractivity contribution >= 4 is 23.2 Å². The predicted octanol–water partition coefficient (Wildman–Crippen LogP) is 5.34. The van der Waals surface area contributed by atoms with Crippen LogP contribution in [0, 0.1) is 25.6 Å². The Balaban J connectivity index is 1.89. The van der Waals surface area contributed by atoms with Crippen LogP contribution in [0.15, 0.2) is 36.7 Å². The molecule has 8 heteroatoms. The van der Waals surface area contributed by atoms with Crippen LogP contribution in [0.4, 0.5) is 10.3 Å². The fraction of sp³-hybridized carbons (Fsp3) is 0.417. The van der Waals surface area contributed by atoms with Gasteiger partial charge < -0.3 is 10.2 Å². The van der Waals surface area contributed by atoms with E-state index in [1.807, 2.05) is 18.7 Å². The molecule has 3 aromatic rings. The third-order valence-electron chi connectivity index (χ3n) is 5.19. The van der Waals surface area contributed by atoms with Gasteiger partial charge in [-0.15, -0.1) is 11.3 Å². The molecule has 0 aliphatic rings. The van der Waals surface area contributed by atoms with Crippen LogP contribution in [0.25, 0.3) is 10.4 Å². The average molecular weight is 456 g/mol. The van der Waals surface area contributed by atoms with Gasteiger partial charge in [0, 0.05) is 25.5 Å². The van der Waals surface area contributed by atoms with Crippen LogP contribution in [0.3, 0.4) is 0 Å². The van der Waals surface area contributed by atoms with Gasteiger partial charge in [-0.2, -0.15) is 0 Å². The summed E-state index contributed by atoms with van der Waals surface area (Å²) in [7, 11) is 0. The summed E-state index contributed by atoms with van der Waals surface area (Å²) in [6.07, 6.45) is 4.36. The molecule has 32 heavy (non-hydrogen) atoms. The van der Waals surface area contributed by atoms with E-state index >= 15 is 0 Å². The first-order valence-corrected chi connectivity index (χ1v) is 11.7. The Morgan fingerprint density at radius 3 is 2.41 bits per heavy atom. The Kier molecular flexibility index (Phi) is 7.90. The lowest BCUT2D eigenvalue weighted by atomic mass is 10.0. The number of rotatable bonds is 9. The Labute approximate surface area is 192 Å². The van der Waals surface area contributed by atoms with Gasteiger partial charge in [-0.05, 0) is 49.4 Å². The maximum Gasteiger partial charge on any atom is 0.274 e. The van der Waals surface area contributed by atoms with Crippen LogP contribution in [-0.2, 0) is 0 Å². The van der Waals surface area contributed by atoms with Crippen molar-refractivity contribution in [3.63, 3.8) is 0 Å². The highest BCUT2D eigenvalue weighted by atomic mass is 32.1. The summed E-state index contributed by atoms with van der Waals surface area (Å²) in [5.74, 6) is 0.333. The largest absolute Gasteiger partial charge is 0.352 e. The van der Waals surface area contributed by atoms with Crippen molar-refractivity contribution in [3.05, 3.63) is 58.7 Å². The van der Waals surface area contributed by atoms with Gasteiger partial charge in [0.1, 0.15) is 11.5 Å². The molecule has 0 bridgehead atoms. The number of aryl methyl sites for hydroxylation is 2. The fourth-order valence-corrected chi connectivity index (χ4v) is 4.47. The molecule has 2 heterocycles.